The maximum atomic E-state index is 14.1. The van der Waals surface area contributed by atoms with Crippen LogP contribution in [0.4, 0.5) is 4.39 Å². The fourth-order valence-electron chi connectivity index (χ4n) is 2.45. The van der Waals surface area contributed by atoms with Crippen molar-refractivity contribution < 1.29 is 14.3 Å². The number of hydrogen-bond acceptors (Lipinski definition) is 2. The van der Waals surface area contributed by atoms with Crippen molar-refractivity contribution in [3.63, 3.8) is 0 Å². The summed E-state index contributed by atoms with van der Waals surface area (Å²) in [6.07, 6.45) is 3.60. The lowest BCUT2D eigenvalue weighted by Gasteiger charge is -2.16. The number of likely N-dealkylation sites (tertiary alicyclic amines) is 1. The third-order valence-corrected chi connectivity index (χ3v) is 3.53. The molecular formula is C15H15FN2O2. The highest BCUT2D eigenvalue weighted by Crippen LogP contribution is 2.18. The number of halogens is 1. The van der Waals surface area contributed by atoms with E-state index in [9.17, 15) is 14.3 Å². The normalized spacial score (nSPS) is 18.5. The van der Waals surface area contributed by atoms with Crippen LogP contribution in [0, 0.1) is 5.82 Å². The van der Waals surface area contributed by atoms with Crippen LogP contribution in [0.5, 0.6) is 0 Å². The van der Waals surface area contributed by atoms with Gasteiger partial charge in [0.25, 0.3) is 5.91 Å². The SMILES string of the molecule is O=C(c1ccc(-n2cccc2)c(F)c1)N1CC[C@@H](O)C1. The van der Waals surface area contributed by atoms with Crippen LogP contribution in [-0.4, -0.2) is 39.7 Å². The van der Waals surface area contributed by atoms with Crippen molar-refractivity contribution in [1.29, 1.82) is 0 Å². The molecule has 1 atom stereocenters. The van der Waals surface area contributed by atoms with Crippen molar-refractivity contribution in [2.45, 2.75) is 12.5 Å². The molecule has 0 radical (unpaired) electrons. The van der Waals surface area contributed by atoms with Crippen molar-refractivity contribution in [2.75, 3.05) is 13.1 Å². The van der Waals surface area contributed by atoms with Gasteiger partial charge in [0.2, 0.25) is 0 Å². The number of carbonyl (C=O) groups excluding carboxylic acids is 1. The van der Waals surface area contributed by atoms with E-state index >= 15 is 0 Å². The van der Waals surface area contributed by atoms with Crippen LogP contribution in [0.3, 0.4) is 0 Å². The zero-order valence-electron chi connectivity index (χ0n) is 10.9. The number of aliphatic hydroxyl groups is 1. The van der Waals surface area contributed by atoms with Gasteiger partial charge in [-0.1, -0.05) is 0 Å². The first-order valence-corrected chi connectivity index (χ1v) is 6.55. The van der Waals surface area contributed by atoms with Crippen LogP contribution in [0.2, 0.25) is 0 Å². The standard InChI is InChI=1S/C15H15FN2O2/c16-13-9-11(15(20)18-8-5-12(19)10-18)3-4-14(13)17-6-1-2-7-17/h1-4,6-7,9,12,19H,5,8,10H2/t12-/m1/s1. The Morgan fingerprint density at radius 1 is 1.30 bits per heavy atom. The van der Waals surface area contributed by atoms with Gasteiger partial charge in [-0.25, -0.2) is 4.39 Å². The quantitative estimate of drug-likeness (QED) is 0.908. The van der Waals surface area contributed by atoms with Gasteiger partial charge in [0.05, 0.1) is 11.8 Å². The Morgan fingerprint density at radius 3 is 2.65 bits per heavy atom. The highest BCUT2D eigenvalue weighted by atomic mass is 19.1. The summed E-state index contributed by atoms with van der Waals surface area (Å²) in [4.78, 5) is 13.7. The summed E-state index contributed by atoms with van der Waals surface area (Å²) in [7, 11) is 0. The molecule has 3 rings (SSSR count). The summed E-state index contributed by atoms with van der Waals surface area (Å²) < 4.78 is 15.8. The Morgan fingerprint density at radius 2 is 2.05 bits per heavy atom. The predicted molar refractivity (Wildman–Crippen MR) is 72.3 cm³/mol. The van der Waals surface area contributed by atoms with Gasteiger partial charge >= 0.3 is 0 Å². The Balaban J connectivity index is 1.85. The van der Waals surface area contributed by atoms with Gasteiger partial charge in [0, 0.05) is 31.0 Å². The topological polar surface area (TPSA) is 45.5 Å². The summed E-state index contributed by atoms with van der Waals surface area (Å²) in [6, 6.07) is 8.08. The second-order valence-corrected chi connectivity index (χ2v) is 4.95. The number of aliphatic hydroxyl groups excluding tert-OH is 1. The van der Waals surface area contributed by atoms with Crippen LogP contribution < -0.4 is 0 Å². The van der Waals surface area contributed by atoms with E-state index in [1.807, 2.05) is 12.1 Å². The first-order chi connectivity index (χ1) is 9.65. The summed E-state index contributed by atoms with van der Waals surface area (Å²) in [5, 5.41) is 9.45. The molecule has 1 aromatic heterocycles. The zero-order chi connectivity index (χ0) is 14.1. The Bertz CT molecular complexity index is 625. The molecule has 0 aliphatic carbocycles. The largest absolute Gasteiger partial charge is 0.391 e. The van der Waals surface area contributed by atoms with Crippen LogP contribution in [-0.2, 0) is 0 Å². The van der Waals surface area contributed by atoms with E-state index in [0.717, 1.165) is 0 Å². The summed E-state index contributed by atoms with van der Waals surface area (Å²) >= 11 is 0. The van der Waals surface area contributed by atoms with Crippen molar-refractivity contribution in [1.82, 2.24) is 9.47 Å². The third kappa shape index (κ3) is 2.32. The number of amides is 1. The lowest BCUT2D eigenvalue weighted by Crippen LogP contribution is -2.29. The van der Waals surface area contributed by atoms with E-state index in [4.69, 9.17) is 0 Å². The number of aromatic nitrogens is 1. The van der Waals surface area contributed by atoms with Crippen molar-refractivity contribution in [3.05, 3.63) is 54.1 Å². The molecular weight excluding hydrogens is 259 g/mol. The molecule has 0 bridgehead atoms. The molecule has 0 spiro atoms. The van der Waals surface area contributed by atoms with Gasteiger partial charge < -0.3 is 14.6 Å². The van der Waals surface area contributed by atoms with E-state index in [2.05, 4.69) is 0 Å². The minimum atomic E-state index is -0.469. The van der Waals surface area contributed by atoms with E-state index < -0.39 is 11.9 Å². The zero-order valence-corrected chi connectivity index (χ0v) is 10.9. The third-order valence-electron chi connectivity index (χ3n) is 3.53. The summed E-state index contributed by atoms with van der Waals surface area (Å²) in [6.45, 7) is 0.834. The minimum absolute atomic E-state index is 0.237. The number of nitrogens with zero attached hydrogens (tertiary/aromatic N) is 2. The molecule has 0 saturated carbocycles. The number of carbonyl (C=O) groups is 1. The maximum absolute atomic E-state index is 14.1. The highest BCUT2D eigenvalue weighted by molar-refractivity contribution is 5.94. The Kier molecular flexibility index (Phi) is 3.28. The molecule has 1 fully saturated rings. The van der Waals surface area contributed by atoms with Crippen LogP contribution in [0.1, 0.15) is 16.8 Å². The number of hydrogen-bond donors (Lipinski definition) is 1. The predicted octanol–water partition coefficient (Wildman–Crippen LogP) is 1.82. The Hall–Kier alpha value is -2.14. The second kappa shape index (κ2) is 5.09. The molecule has 20 heavy (non-hydrogen) atoms. The smallest absolute Gasteiger partial charge is 0.254 e. The first kappa shape index (κ1) is 12.9. The number of β-amino-alcohol motifs (C(OH)–C–C–N with tert-alkyl or cyclic N) is 1. The molecule has 1 aliphatic rings. The average Bonchev–Trinajstić information content (AvgIpc) is 3.09. The fourth-order valence-corrected chi connectivity index (χ4v) is 2.45. The molecule has 2 aromatic rings. The van der Waals surface area contributed by atoms with Gasteiger partial charge in [0.1, 0.15) is 5.82 Å². The van der Waals surface area contributed by atoms with Gasteiger partial charge in [-0.05, 0) is 36.8 Å². The van der Waals surface area contributed by atoms with Gasteiger partial charge in [-0.15, -0.1) is 0 Å². The fraction of sp³-hybridized carbons (Fsp3) is 0.267. The van der Waals surface area contributed by atoms with Crippen molar-refractivity contribution >= 4 is 5.91 Å². The monoisotopic (exact) mass is 274 g/mol. The van der Waals surface area contributed by atoms with E-state index in [-0.39, 0.29) is 5.91 Å². The van der Waals surface area contributed by atoms with Gasteiger partial charge in [-0.3, -0.25) is 4.79 Å². The molecule has 1 saturated heterocycles. The Labute approximate surface area is 116 Å². The maximum Gasteiger partial charge on any atom is 0.254 e. The summed E-state index contributed by atoms with van der Waals surface area (Å²) in [5.41, 5.74) is 0.723. The van der Waals surface area contributed by atoms with Crippen LogP contribution >= 0.6 is 0 Å². The molecule has 4 nitrogen and oxygen atoms in total. The molecule has 5 heteroatoms. The van der Waals surface area contributed by atoms with Gasteiger partial charge in [0.15, 0.2) is 0 Å². The molecule has 1 N–H and O–H groups in total. The van der Waals surface area contributed by atoms with Crippen molar-refractivity contribution in [2.24, 2.45) is 0 Å². The molecule has 1 aromatic carbocycles. The molecule has 1 amide bonds. The number of rotatable bonds is 2. The van der Waals surface area contributed by atoms with E-state index in [0.29, 0.717) is 30.8 Å². The van der Waals surface area contributed by atoms with Crippen molar-refractivity contribution in [3.8, 4) is 5.69 Å². The lowest BCUT2D eigenvalue weighted by molar-refractivity contribution is 0.0764. The van der Waals surface area contributed by atoms with Gasteiger partial charge in [-0.2, -0.15) is 0 Å². The first-order valence-electron chi connectivity index (χ1n) is 6.55. The lowest BCUT2D eigenvalue weighted by atomic mass is 10.1. The van der Waals surface area contributed by atoms with Crippen LogP contribution in [0.15, 0.2) is 42.7 Å². The molecule has 0 unspecified atom stereocenters. The number of benzene rings is 1. The molecule has 2 heterocycles. The summed E-state index contributed by atoms with van der Waals surface area (Å²) in [5.74, 6) is -0.675. The molecule has 104 valence electrons. The van der Waals surface area contributed by atoms with Crippen LogP contribution in [0.25, 0.3) is 5.69 Å². The molecule has 1 aliphatic heterocycles. The average molecular weight is 274 g/mol. The highest BCUT2D eigenvalue weighted by Gasteiger charge is 2.25. The van der Waals surface area contributed by atoms with E-state index in [1.54, 1.807) is 34.0 Å². The minimum Gasteiger partial charge on any atom is -0.391 e. The van der Waals surface area contributed by atoms with E-state index in [1.165, 1.54) is 6.07 Å². The second-order valence-electron chi connectivity index (χ2n) is 4.95.